The molecule has 0 bridgehead atoms. The number of esters is 1. The van der Waals surface area contributed by atoms with Gasteiger partial charge >= 0.3 is 5.97 Å². The van der Waals surface area contributed by atoms with Gasteiger partial charge < -0.3 is 20.7 Å². The molecule has 1 aliphatic rings. The fraction of sp³-hybridized carbons (Fsp3) is 0.263. The molecule has 1 heterocycles. The SMILES string of the molecule is CCOC(=O)c1c(NC(=O)C(C)Sc2cccc(NC(=O)/C(=C/c3cccc(Cl)c3)NC(=O)c3ccccc3)c2)sc2c1CCCCCC2. The maximum Gasteiger partial charge on any atom is 0.341 e. The second-order valence-electron chi connectivity index (χ2n) is 11.5. The fourth-order valence-corrected chi connectivity index (χ4v) is 7.85. The van der Waals surface area contributed by atoms with Gasteiger partial charge in [0.1, 0.15) is 10.7 Å². The van der Waals surface area contributed by atoms with E-state index < -0.39 is 23.0 Å². The van der Waals surface area contributed by atoms with Gasteiger partial charge in [-0.05, 0) is 99.2 Å². The first-order valence-electron chi connectivity index (χ1n) is 16.3. The maximum atomic E-state index is 13.5. The molecule has 0 fully saturated rings. The minimum atomic E-state index is -0.531. The normalized spacial score (nSPS) is 13.7. The number of carbonyl (C=O) groups is 4. The minimum Gasteiger partial charge on any atom is -0.462 e. The topological polar surface area (TPSA) is 114 Å². The van der Waals surface area contributed by atoms with E-state index in [4.69, 9.17) is 16.3 Å². The molecule has 49 heavy (non-hydrogen) atoms. The van der Waals surface area contributed by atoms with Gasteiger partial charge in [0.05, 0.1) is 17.4 Å². The lowest BCUT2D eigenvalue weighted by Crippen LogP contribution is -2.30. The number of thiophene rings is 1. The van der Waals surface area contributed by atoms with Crippen LogP contribution < -0.4 is 16.0 Å². The summed E-state index contributed by atoms with van der Waals surface area (Å²) < 4.78 is 5.39. The number of benzene rings is 3. The summed E-state index contributed by atoms with van der Waals surface area (Å²) in [4.78, 5) is 54.9. The van der Waals surface area contributed by atoms with Crippen LogP contribution in [0.1, 0.15) is 76.3 Å². The summed E-state index contributed by atoms with van der Waals surface area (Å²) >= 11 is 8.97. The molecule has 3 aromatic carbocycles. The molecule has 254 valence electrons. The van der Waals surface area contributed by atoms with Crippen LogP contribution in [0, 0.1) is 0 Å². The molecule has 4 aromatic rings. The molecule has 8 nitrogen and oxygen atoms in total. The Balaban J connectivity index is 1.30. The number of ether oxygens (including phenoxy) is 1. The van der Waals surface area contributed by atoms with Crippen LogP contribution in [0.15, 0.2) is 89.5 Å². The maximum absolute atomic E-state index is 13.5. The molecule has 1 aliphatic carbocycles. The number of hydrogen-bond donors (Lipinski definition) is 3. The third kappa shape index (κ3) is 9.84. The standard InChI is InChI=1S/C38H38ClN3O5S2/c1-3-47-38(46)33-30-19-9-4-5-10-20-32(30)49-37(33)42-34(43)24(2)48-29-18-12-17-28(23-29)40-36(45)31(22-25-13-11-16-27(39)21-25)41-35(44)26-14-7-6-8-15-26/h6-8,11-18,21-24H,3-5,9-10,19-20H2,1-2H3,(H,40,45)(H,41,44)(H,42,43)/b31-22-. The van der Waals surface area contributed by atoms with Gasteiger partial charge in [-0.25, -0.2) is 4.79 Å². The van der Waals surface area contributed by atoms with Gasteiger partial charge in [-0.3, -0.25) is 14.4 Å². The average molecular weight is 716 g/mol. The summed E-state index contributed by atoms with van der Waals surface area (Å²) in [6.07, 6.45) is 7.57. The van der Waals surface area contributed by atoms with E-state index in [0.29, 0.717) is 32.4 Å². The van der Waals surface area contributed by atoms with Gasteiger partial charge in [-0.15, -0.1) is 23.1 Å². The predicted octanol–water partition coefficient (Wildman–Crippen LogP) is 8.77. The Hall–Kier alpha value is -4.38. The quantitative estimate of drug-likeness (QED) is 0.0813. The van der Waals surface area contributed by atoms with E-state index in [1.165, 1.54) is 23.1 Å². The smallest absolute Gasteiger partial charge is 0.341 e. The fourth-order valence-electron chi connectivity index (χ4n) is 5.45. The Labute approximate surface area is 299 Å². The molecule has 3 N–H and O–H groups in total. The third-order valence-electron chi connectivity index (χ3n) is 7.85. The van der Waals surface area contributed by atoms with Gasteiger partial charge in [0.2, 0.25) is 5.91 Å². The zero-order chi connectivity index (χ0) is 34.8. The molecule has 0 spiro atoms. The van der Waals surface area contributed by atoms with E-state index in [2.05, 4.69) is 16.0 Å². The lowest BCUT2D eigenvalue weighted by Gasteiger charge is -2.14. The van der Waals surface area contributed by atoms with E-state index in [1.807, 2.05) is 6.07 Å². The van der Waals surface area contributed by atoms with Crippen LogP contribution in [0.5, 0.6) is 0 Å². The third-order valence-corrected chi connectivity index (χ3v) is 10.4. The Morgan fingerprint density at radius 3 is 2.43 bits per heavy atom. The van der Waals surface area contributed by atoms with Gasteiger partial charge in [-0.2, -0.15) is 0 Å². The Morgan fingerprint density at radius 2 is 1.67 bits per heavy atom. The molecule has 0 saturated heterocycles. The number of thioether (sulfide) groups is 1. The van der Waals surface area contributed by atoms with Crippen LogP contribution >= 0.6 is 34.7 Å². The van der Waals surface area contributed by atoms with E-state index in [0.717, 1.165) is 53.9 Å². The highest BCUT2D eigenvalue weighted by atomic mass is 35.5. The highest BCUT2D eigenvalue weighted by Gasteiger charge is 2.27. The zero-order valence-electron chi connectivity index (χ0n) is 27.3. The van der Waals surface area contributed by atoms with Gasteiger partial charge in [0.15, 0.2) is 0 Å². The van der Waals surface area contributed by atoms with Crippen LogP contribution in [0.2, 0.25) is 5.02 Å². The highest BCUT2D eigenvalue weighted by Crippen LogP contribution is 2.38. The molecule has 1 unspecified atom stereocenters. The van der Waals surface area contributed by atoms with Crippen molar-refractivity contribution in [1.29, 1.82) is 0 Å². The summed E-state index contributed by atoms with van der Waals surface area (Å²) in [6, 6.07) is 22.7. The van der Waals surface area contributed by atoms with Crippen molar-refractivity contribution in [3.63, 3.8) is 0 Å². The Bertz CT molecular complexity index is 1860. The van der Waals surface area contributed by atoms with E-state index >= 15 is 0 Å². The van der Waals surface area contributed by atoms with Crippen molar-refractivity contribution >= 4 is 75.2 Å². The van der Waals surface area contributed by atoms with Crippen LogP contribution in [0.3, 0.4) is 0 Å². The van der Waals surface area contributed by atoms with Crippen molar-refractivity contribution in [2.45, 2.75) is 62.5 Å². The van der Waals surface area contributed by atoms with Gasteiger partial charge in [0, 0.05) is 26.0 Å². The average Bonchev–Trinajstić information content (AvgIpc) is 3.40. The number of fused-ring (bicyclic) bond motifs is 1. The summed E-state index contributed by atoms with van der Waals surface area (Å²) in [5, 5.41) is 9.13. The highest BCUT2D eigenvalue weighted by molar-refractivity contribution is 8.00. The molecular formula is C38H38ClN3O5S2. The summed E-state index contributed by atoms with van der Waals surface area (Å²) in [5.41, 5.74) is 3.05. The lowest BCUT2D eigenvalue weighted by molar-refractivity contribution is -0.115. The first-order chi connectivity index (χ1) is 23.7. The van der Waals surface area contributed by atoms with E-state index in [-0.39, 0.29) is 18.2 Å². The number of nitrogens with one attached hydrogen (secondary N) is 3. The summed E-state index contributed by atoms with van der Waals surface area (Å²) in [6.45, 7) is 3.83. The largest absolute Gasteiger partial charge is 0.462 e. The van der Waals surface area contributed by atoms with Gasteiger partial charge in [-0.1, -0.05) is 60.8 Å². The number of aryl methyl sites for hydroxylation is 1. The lowest BCUT2D eigenvalue weighted by atomic mass is 9.96. The van der Waals surface area contributed by atoms with Crippen molar-refractivity contribution in [1.82, 2.24) is 5.32 Å². The molecule has 1 aromatic heterocycles. The number of rotatable bonds is 11. The molecule has 0 radical (unpaired) electrons. The monoisotopic (exact) mass is 715 g/mol. The number of amides is 3. The minimum absolute atomic E-state index is 0.0318. The second-order valence-corrected chi connectivity index (χ2v) is 14.5. The number of halogens is 1. The van der Waals surface area contributed by atoms with Gasteiger partial charge in [0.25, 0.3) is 11.8 Å². The second kappa shape index (κ2) is 17.3. The van der Waals surface area contributed by atoms with Crippen molar-refractivity contribution in [2.75, 3.05) is 17.2 Å². The van der Waals surface area contributed by atoms with Crippen LogP contribution in [0.4, 0.5) is 10.7 Å². The van der Waals surface area contributed by atoms with E-state index in [1.54, 1.807) is 92.7 Å². The van der Waals surface area contributed by atoms with E-state index in [9.17, 15) is 19.2 Å². The molecule has 0 aliphatic heterocycles. The first-order valence-corrected chi connectivity index (χ1v) is 18.3. The Kier molecular flexibility index (Phi) is 12.7. The van der Waals surface area contributed by atoms with Crippen LogP contribution in [-0.2, 0) is 27.2 Å². The predicted molar refractivity (Wildman–Crippen MR) is 199 cm³/mol. The summed E-state index contributed by atoms with van der Waals surface area (Å²) in [7, 11) is 0. The van der Waals surface area contributed by atoms with Crippen molar-refractivity contribution in [3.8, 4) is 0 Å². The molecule has 3 amide bonds. The van der Waals surface area contributed by atoms with Crippen LogP contribution in [0.25, 0.3) is 6.08 Å². The Morgan fingerprint density at radius 1 is 0.918 bits per heavy atom. The first kappa shape index (κ1) is 35.9. The van der Waals surface area contributed by atoms with Crippen molar-refractivity contribution in [3.05, 3.63) is 117 Å². The van der Waals surface area contributed by atoms with Crippen molar-refractivity contribution in [2.24, 2.45) is 0 Å². The number of hydrogen-bond acceptors (Lipinski definition) is 7. The number of anilines is 2. The van der Waals surface area contributed by atoms with Crippen molar-refractivity contribution < 1.29 is 23.9 Å². The zero-order valence-corrected chi connectivity index (χ0v) is 29.7. The van der Waals surface area contributed by atoms with Crippen LogP contribution in [-0.4, -0.2) is 35.5 Å². The molecule has 0 saturated carbocycles. The molecular weight excluding hydrogens is 678 g/mol. The molecule has 1 atom stereocenters. The molecule has 5 rings (SSSR count). The summed E-state index contributed by atoms with van der Waals surface area (Å²) in [5.74, 6) is -1.60. The number of carbonyl (C=O) groups excluding carboxylic acids is 4. The molecule has 11 heteroatoms.